The Labute approximate surface area is 104 Å². The van der Waals surface area contributed by atoms with Gasteiger partial charge in [0.2, 0.25) is 0 Å². The first-order chi connectivity index (χ1) is 7.65. The highest BCUT2D eigenvalue weighted by molar-refractivity contribution is 9.10. The van der Waals surface area contributed by atoms with Crippen LogP contribution in [0.3, 0.4) is 0 Å². The highest BCUT2D eigenvalue weighted by Crippen LogP contribution is 2.18. The molecule has 1 aliphatic heterocycles. The topological polar surface area (TPSA) is 12.5 Å². The molecule has 2 nitrogen and oxygen atoms in total. The van der Waals surface area contributed by atoms with Crippen LogP contribution in [0.4, 0.5) is 4.39 Å². The standard InChI is InChI=1S/C12H15BrFNO/c1-9-7-15(4-5-16-9)8-10-2-3-12(14)11(13)6-10/h2-3,6,9H,4-5,7-8H2,1H3. The number of morpholine rings is 1. The van der Waals surface area contributed by atoms with Gasteiger partial charge in [-0.05, 0) is 40.5 Å². The maximum absolute atomic E-state index is 13.1. The van der Waals surface area contributed by atoms with Crippen molar-refractivity contribution in [1.82, 2.24) is 4.90 Å². The van der Waals surface area contributed by atoms with Crippen LogP contribution < -0.4 is 0 Å². The highest BCUT2D eigenvalue weighted by Gasteiger charge is 2.16. The molecule has 1 unspecified atom stereocenters. The van der Waals surface area contributed by atoms with E-state index in [4.69, 9.17) is 4.74 Å². The molecule has 2 rings (SSSR count). The van der Waals surface area contributed by atoms with Crippen molar-refractivity contribution in [3.05, 3.63) is 34.1 Å². The third-order valence-corrected chi connectivity index (χ3v) is 3.32. The van der Waals surface area contributed by atoms with E-state index in [1.807, 2.05) is 12.1 Å². The zero-order valence-electron chi connectivity index (χ0n) is 9.25. The number of rotatable bonds is 2. The van der Waals surface area contributed by atoms with Crippen molar-refractivity contribution in [2.45, 2.75) is 19.6 Å². The summed E-state index contributed by atoms with van der Waals surface area (Å²) >= 11 is 3.20. The van der Waals surface area contributed by atoms with Gasteiger partial charge in [0.1, 0.15) is 5.82 Å². The summed E-state index contributed by atoms with van der Waals surface area (Å²) in [6.07, 6.45) is 0.289. The lowest BCUT2D eigenvalue weighted by atomic mass is 10.2. The van der Waals surface area contributed by atoms with Gasteiger partial charge in [-0.2, -0.15) is 0 Å². The number of hydrogen-bond donors (Lipinski definition) is 0. The largest absolute Gasteiger partial charge is 0.376 e. The van der Waals surface area contributed by atoms with Gasteiger partial charge in [0.05, 0.1) is 17.2 Å². The van der Waals surface area contributed by atoms with E-state index in [2.05, 4.69) is 27.8 Å². The van der Waals surface area contributed by atoms with Gasteiger partial charge in [-0.15, -0.1) is 0 Å². The van der Waals surface area contributed by atoms with E-state index in [-0.39, 0.29) is 11.9 Å². The van der Waals surface area contributed by atoms with Crippen LogP contribution in [0, 0.1) is 5.82 Å². The second-order valence-electron chi connectivity index (χ2n) is 4.16. The Morgan fingerprint density at radius 1 is 1.56 bits per heavy atom. The van der Waals surface area contributed by atoms with Crippen LogP contribution >= 0.6 is 15.9 Å². The molecule has 1 fully saturated rings. The quantitative estimate of drug-likeness (QED) is 0.829. The fourth-order valence-electron chi connectivity index (χ4n) is 1.93. The van der Waals surface area contributed by atoms with Crippen molar-refractivity contribution in [2.24, 2.45) is 0 Å². The zero-order chi connectivity index (χ0) is 11.5. The smallest absolute Gasteiger partial charge is 0.137 e. The van der Waals surface area contributed by atoms with Crippen molar-refractivity contribution in [3.63, 3.8) is 0 Å². The summed E-state index contributed by atoms with van der Waals surface area (Å²) in [6.45, 7) is 5.59. The summed E-state index contributed by atoms with van der Waals surface area (Å²) < 4.78 is 19.1. The van der Waals surface area contributed by atoms with Crippen LogP contribution in [-0.4, -0.2) is 30.7 Å². The molecule has 0 bridgehead atoms. The summed E-state index contributed by atoms with van der Waals surface area (Å²) in [5.41, 5.74) is 1.13. The summed E-state index contributed by atoms with van der Waals surface area (Å²) in [5.74, 6) is -0.209. The third-order valence-electron chi connectivity index (χ3n) is 2.72. The first kappa shape index (κ1) is 12.0. The maximum atomic E-state index is 13.1. The fourth-order valence-corrected chi connectivity index (χ4v) is 2.36. The molecule has 1 aromatic carbocycles. The molecular formula is C12H15BrFNO. The number of hydrogen-bond acceptors (Lipinski definition) is 2. The molecule has 88 valence electrons. The number of benzene rings is 1. The number of halogens is 2. The Balaban J connectivity index is 2.00. The molecule has 0 radical (unpaired) electrons. The summed E-state index contributed by atoms with van der Waals surface area (Å²) in [6, 6.07) is 5.18. The zero-order valence-corrected chi connectivity index (χ0v) is 10.8. The third kappa shape index (κ3) is 3.03. The van der Waals surface area contributed by atoms with Crippen LogP contribution in [-0.2, 0) is 11.3 Å². The molecule has 0 amide bonds. The minimum absolute atomic E-state index is 0.209. The Kier molecular flexibility index (Phi) is 3.95. The average molecular weight is 288 g/mol. The molecule has 1 aromatic rings. The normalized spacial score (nSPS) is 22.3. The molecule has 4 heteroatoms. The van der Waals surface area contributed by atoms with E-state index >= 15 is 0 Å². The van der Waals surface area contributed by atoms with Crippen molar-refractivity contribution >= 4 is 15.9 Å². The Morgan fingerprint density at radius 3 is 3.06 bits per heavy atom. The van der Waals surface area contributed by atoms with Gasteiger partial charge in [-0.25, -0.2) is 4.39 Å². The minimum atomic E-state index is -0.209. The molecule has 0 aromatic heterocycles. The summed E-state index contributed by atoms with van der Waals surface area (Å²) in [7, 11) is 0. The minimum Gasteiger partial charge on any atom is -0.376 e. The predicted molar refractivity (Wildman–Crippen MR) is 64.8 cm³/mol. The lowest BCUT2D eigenvalue weighted by Gasteiger charge is -2.31. The first-order valence-corrected chi connectivity index (χ1v) is 6.22. The molecule has 16 heavy (non-hydrogen) atoms. The highest BCUT2D eigenvalue weighted by atomic mass is 79.9. The van der Waals surface area contributed by atoms with Crippen LogP contribution in [0.2, 0.25) is 0 Å². The van der Waals surface area contributed by atoms with E-state index in [1.165, 1.54) is 6.07 Å². The number of ether oxygens (including phenoxy) is 1. The van der Waals surface area contributed by atoms with Crippen LogP contribution in [0.25, 0.3) is 0 Å². The molecule has 0 spiro atoms. The predicted octanol–water partition coefficient (Wildman–Crippen LogP) is 2.81. The SMILES string of the molecule is CC1CN(Cc2ccc(F)c(Br)c2)CCO1. The van der Waals surface area contributed by atoms with Crippen LogP contribution in [0.15, 0.2) is 22.7 Å². The lowest BCUT2D eigenvalue weighted by molar-refractivity contribution is -0.0212. The second-order valence-corrected chi connectivity index (χ2v) is 5.02. The maximum Gasteiger partial charge on any atom is 0.137 e. The van der Waals surface area contributed by atoms with Gasteiger partial charge in [0.25, 0.3) is 0 Å². The fraction of sp³-hybridized carbons (Fsp3) is 0.500. The van der Waals surface area contributed by atoms with E-state index < -0.39 is 0 Å². The van der Waals surface area contributed by atoms with E-state index in [0.717, 1.165) is 31.8 Å². The molecule has 1 heterocycles. The molecule has 1 saturated heterocycles. The lowest BCUT2D eigenvalue weighted by Crippen LogP contribution is -2.40. The monoisotopic (exact) mass is 287 g/mol. The van der Waals surface area contributed by atoms with Gasteiger partial charge in [-0.3, -0.25) is 4.90 Å². The van der Waals surface area contributed by atoms with Crippen molar-refractivity contribution < 1.29 is 9.13 Å². The van der Waals surface area contributed by atoms with Gasteiger partial charge in [-0.1, -0.05) is 6.07 Å². The molecule has 0 N–H and O–H groups in total. The molecular weight excluding hydrogens is 273 g/mol. The van der Waals surface area contributed by atoms with Crippen LogP contribution in [0.1, 0.15) is 12.5 Å². The molecule has 1 aliphatic rings. The Hall–Kier alpha value is -0.450. The van der Waals surface area contributed by atoms with Gasteiger partial charge in [0.15, 0.2) is 0 Å². The summed E-state index contributed by atoms with van der Waals surface area (Å²) in [5, 5.41) is 0. The first-order valence-electron chi connectivity index (χ1n) is 5.43. The number of nitrogens with zero attached hydrogens (tertiary/aromatic N) is 1. The van der Waals surface area contributed by atoms with Gasteiger partial charge < -0.3 is 4.74 Å². The molecule has 0 saturated carbocycles. The van der Waals surface area contributed by atoms with Crippen molar-refractivity contribution in [2.75, 3.05) is 19.7 Å². The summed E-state index contributed by atoms with van der Waals surface area (Å²) in [4.78, 5) is 2.33. The molecule has 0 aliphatic carbocycles. The average Bonchev–Trinajstić information content (AvgIpc) is 2.24. The van der Waals surface area contributed by atoms with Crippen molar-refractivity contribution in [3.8, 4) is 0 Å². The van der Waals surface area contributed by atoms with E-state index in [0.29, 0.717) is 4.47 Å². The molecule has 1 atom stereocenters. The van der Waals surface area contributed by atoms with Crippen LogP contribution in [0.5, 0.6) is 0 Å². The van der Waals surface area contributed by atoms with E-state index in [9.17, 15) is 4.39 Å². The van der Waals surface area contributed by atoms with Gasteiger partial charge in [0, 0.05) is 19.6 Å². The van der Waals surface area contributed by atoms with Gasteiger partial charge >= 0.3 is 0 Å². The Morgan fingerprint density at radius 2 is 2.38 bits per heavy atom. The second kappa shape index (κ2) is 5.25. The van der Waals surface area contributed by atoms with Crippen molar-refractivity contribution in [1.29, 1.82) is 0 Å². The Bertz CT molecular complexity index is 372. The van der Waals surface area contributed by atoms with E-state index in [1.54, 1.807) is 0 Å².